The minimum absolute atomic E-state index is 0.240. The van der Waals surface area contributed by atoms with Gasteiger partial charge in [0.1, 0.15) is 5.76 Å². The summed E-state index contributed by atoms with van der Waals surface area (Å²) in [6, 6.07) is 0.630. The van der Waals surface area contributed by atoms with Crippen molar-refractivity contribution in [3.63, 3.8) is 0 Å². The molecule has 2 atom stereocenters. The van der Waals surface area contributed by atoms with Crippen molar-refractivity contribution in [2.75, 3.05) is 42.7 Å². The molecule has 1 saturated carbocycles. The Morgan fingerprint density at radius 3 is 2.42 bits per heavy atom. The van der Waals surface area contributed by atoms with E-state index in [9.17, 15) is 4.39 Å². The summed E-state index contributed by atoms with van der Waals surface area (Å²) < 4.78 is 19.3. The van der Waals surface area contributed by atoms with E-state index in [1.807, 2.05) is 0 Å². The van der Waals surface area contributed by atoms with Crippen molar-refractivity contribution < 1.29 is 9.13 Å². The molecule has 2 fully saturated rings. The second-order valence-electron chi connectivity index (χ2n) is 9.22. The molecule has 2 heterocycles. The SMILES string of the molecule is CCN1CCCC1CNc1nc(NC2C=C(F)C(OC)=CC2)nc(NC2CCCCCC2)n1. The number of halogens is 1. The fourth-order valence-electron chi connectivity index (χ4n) is 5.05. The van der Waals surface area contributed by atoms with Crippen molar-refractivity contribution in [2.24, 2.45) is 0 Å². The maximum atomic E-state index is 14.2. The number of ether oxygens (including phenoxy) is 1. The van der Waals surface area contributed by atoms with Crippen LogP contribution in [0.2, 0.25) is 0 Å². The number of hydrogen-bond acceptors (Lipinski definition) is 8. The number of allylic oxidation sites excluding steroid dienone is 1. The second-order valence-corrected chi connectivity index (χ2v) is 9.22. The van der Waals surface area contributed by atoms with E-state index in [1.165, 1.54) is 51.7 Å². The van der Waals surface area contributed by atoms with Crippen LogP contribution in [0.4, 0.5) is 22.2 Å². The van der Waals surface area contributed by atoms with Crippen LogP contribution in [-0.2, 0) is 4.74 Å². The highest BCUT2D eigenvalue weighted by molar-refractivity contribution is 5.44. The summed E-state index contributed by atoms with van der Waals surface area (Å²) in [4.78, 5) is 16.4. The number of nitrogens with zero attached hydrogens (tertiary/aromatic N) is 4. The van der Waals surface area contributed by atoms with Gasteiger partial charge in [-0.1, -0.05) is 32.6 Å². The number of likely N-dealkylation sites (tertiary alicyclic amines) is 1. The Kier molecular flexibility index (Phi) is 8.36. The molecule has 4 rings (SSSR count). The summed E-state index contributed by atoms with van der Waals surface area (Å²) in [5, 5.41) is 10.2. The topological polar surface area (TPSA) is 87.2 Å². The quantitative estimate of drug-likeness (QED) is 0.466. The van der Waals surface area contributed by atoms with E-state index in [2.05, 4.69) is 42.7 Å². The van der Waals surface area contributed by atoms with Crippen LogP contribution in [0, 0.1) is 0 Å². The number of aromatic nitrogens is 3. The van der Waals surface area contributed by atoms with E-state index < -0.39 is 0 Å². The lowest BCUT2D eigenvalue weighted by Gasteiger charge is -2.23. The van der Waals surface area contributed by atoms with Gasteiger partial charge >= 0.3 is 0 Å². The van der Waals surface area contributed by atoms with Crippen LogP contribution >= 0.6 is 0 Å². The maximum absolute atomic E-state index is 14.2. The highest BCUT2D eigenvalue weighted by Crippen LogP contribution is 2.24. The first-order chi connectivity index (χ1) is 16.1. The molecule has 0 radical (unpaired) electrons. The largest absolute Gasteiger partial charge is 0.494 e. The molecule has 0 amide bonds. The molecular weight excluding hydrogens is 421 g/mol. The Morgan fingerprint density at radius 1 is 1.00 bits per heavy atom. The van der Waals surface area contributed by atoms with Gasteiger partial charge in [0, 0.05) is 18.6 Å². The fourth-order valence-corrected chi connectivity index (χ4v) is 5.05. The number of hydrogen-bond donors (Lipinski definition) is 3. The van der Waals surface area contributed by atoms with Gasteiger partial charge in [0.05, 0.1) is 13.2 Å². The van der Waals surface area contributed by atoms with Crippen molar-refractivity contribution >= 4 is 17.8 Å². The fraction of sp³-hybridized carbons (Fsp3) is 0.708. The molecule has 1 aliphatic heterocycles. The third kappa shape index (κ3) is 6.56. The van der Waals surface area contributed by atoms with Crippen molar-refractivity contribution in [1.82, 2.24) is 19.9 Å². The number of methoxy groups -OCH3 is 1. The van der Waals surface area contributed by atoms with Crippen molar-refractivity contribution in [3.05, 3.63) is 23.7 Å². The minimum Gasteiger partial charge on any atom is -0.494 e. The van der Waals surface area contributed by atoms with Crippen LogP contribution < -0.4 is 16.0 Å². The summed E-state index contributed by atoms with van der Waals surface area (Å²) in [6.07, 6.45) is 13.6. The zero-order valence-electron chi connectivity index (χ0n) is 19.9. The zero-order chi connectivity index (χ0) is 23.0. The van der Waals surface area contributed by atoms with E-state index in [1.54, 1.807) is 6.08 Å². The van der Waals surface area contributed by atoms with Gasteiger partial charge in [0.15, 0.2) is 5.83 Å². The lowest BCUT2D eigenvalue weighted by atomic mass is 10.1. The van der Waals surface area contributed by atoms with Gasteiger partial charge in [0.2, 0.25) is 17.8 Å². The van der Waals surface area contributed by atoms with Crippen molar-refractivity contribution in [3.8, 4) is 0 Å². The molecule has 3 aliphatic rings. The van der Waals surface area contributed by atoms with Crippen molar-refractivity contribution in [1.29, 1.82) is 0 Å². The van der Waals surface area contributed by atoms with Crippen LogP contribution in [0.15, 0.2) is 23.7 Å². The predicted molar refractivity (Wildman–Crippen MR) is 130 cm³/mol. The van der Waals surface area contributed by atoms with E-state index in [0.717, 1.165) is 32.5 Å². The Balaban J connectivity index is 1.47. The molecule has 9 heteroatoms. The summed E-state index contributed by atoms with van der Waals surface area (Å²) in [5.74, 6) is 1.49. The highest BCUT2D eigenvalue weighted by Gasteiger charge is 2.24. The van der Waals surface area contributed by atoms with Gasteiger partial charge < -0.3 is 20.7 Å². The van der Waals surface area contributed by atoms with Crippen molar-refractivity contribution in [2.45, 2.75) is 82.8 Å². The number of nitrogens with one attached hydrogen (secondary N) is 3. The molecule has 0 spiro atoms. The summed E-state index contributed by atoms with van der Waals surface area (Å²) in [7, 11) is 1.48. The van der Waals surface area contributed by atoms with Gasteiger partial charge in [0.25, 0.3) is 0 Å². The summed E-state index contributed by atoms with van der Waals surface area (Å²) in [6.45, 7) is 5.22. The molecule has 3 N–H and O–H groups in total. The van der Waals surface area contributed by atoms with Crippen LogP contribution in [0.3, 0.4) is 0 Å². The van der Waals surface area contributed by atoms with Crippen LogP contribution in [0.25, 0.3) is 0 Å². The Hall–Kier alpha value is -2.42. The molecule has 33 heavy (non-hydrogen) atoms. The molecule has 1 aromatic heterocycles. The van der Waals surface area contributed by atoms with Gasteiger partial charge in [-0.25, -0.2) is 4.39 Å². The standard InChI is InChI=1S/C24H38FN7O/c1-3-32-14-8-11-19(32)16-26-22-29-23(27-17-9-6-4-5-7-10-17)31-24(30-22)28-18-12-13-21(33-2)20(25)15-18/h13,15,17-19H,3-12,14,16H2,1-2H3,(H3,26,27,28,29,30,31). The molecule has 1 aromatic rings. The summed E-state index contributed by atoms with van der Waals surface area (Å²) >= 11 is 0. The Morgan fingerprint density at radius 2 is 1.73 bits per heavy atom. The third-order valence-corrected chi connectivity index (χ3v) is 6.90. The predicted octanol–water partition coefficient (Wildman–Crippen LogP) is 4.47. The van der Waals surface area contributed by atoms with E-state index in [-0.39, 0.29) is 17.6 Å². The van der Waals surface area contributed by atoms with E-state index in [0.29, 0.717) is 36.3 Å². The molecule has 1 saturated heterocycles. The van der Waals surface area contributed by atoms with E-state index in [4.69, 9.17) is 4.74 Å². The van der Waals surface area contributed by atoms with Crippen LogP contribution in [0.5, 0.6) is 0 Å². The lowest BCUT2D eigenvalue weighted by Crippen LogP contribution is -2.35. The molecule has 2 aliphatic carbocycles. The first-order valence-electron chi connectivity index (χ1n) is 12.5. The zero-order valence-corrected chi connectivity index (χ0v) is 19.9. The average molecular weight is 460 g/mol. The molecule has 0 aromatic carbocycles. The molecule has 2 unspecified atom stereocenters. The summed E-state index contributed by atoms with van der Waals surface area (Å²) in [5.41, 5.74) is 0. The van der Waals surface area contributed by atoms with Gasteiger partial charge in [-0.15, -0.1) is 0 Å². The minimum atomic E-state index is -0.369. The second kappa shape index (κ2) is 11.6. The van der Waals surface area contributed by atoms with Gasteiger partial charge in [-0.05, 0) is 57.3 Å². The molecule has 182 valence electrons. The van der Waals surface area contributed by atoms with Gasteiger partial charge in [-0.2, -0.15) is 15.0 Å². The number of anilines is 3. The first kappa shape index (κ1) is 23.7. The van der Waals surface area contributed by atoms with Crippen LogP contribution in [-0.4, -0.2) is 64.7 Å². The third-order valence-electron chi connectivity index (χ3n) is 6.90. The normalized spacial score (nSPS) is 24.6. The van der Waals surface area contributed by atoms with E-state index >= 15 is 0 Å². The number of rotatable bonds is 9. The highest BCUT2D eigenvalue weighted by atomic mass is 19.1. The smallest absolute Gasteiger partial charge is 0.229 e. The monoisotopic (exact) mass is 459 g/mol. The van der Waals surface area contributed by atoms with Crippen LogP contribution in [0.1, 0.15) is 64.7 Å². The molecule has 8 nitrogen and oxygen atoms in total. The molecule has 0 bridgehead atoms. The maximum Gasteiger partial charge on any atom is 0.229 e. The first-order valence-corrected chi connectivity index (χ1v) is 12.5. The lowest BCUT2D eigenvalue weighted by molar-refractivity contribution is 0.277. The Labute approximate surface area is 196 Å². The Bertz CT molecular complexity index is 838. The van der Waals surface area contributed by atoms with Gasteiger partial charge in [-0.3, -0.25) is 4.90 Å². The molecular formula is C24H38FN7O. The number of likely N-dealkylation sites (N-methyl/N-ethyl adjacent to an activating group) is 1. The average Bonchev–Trinajstić information content (AvgIpc) is 3.12.